The van der Waals surface area contributed by atoms with Crippen molar-refractivity contribution in [2.75, 3.05) is 24.3 Å². The highest BCUT2D eigenvalue weighted by molar-refractivity contribution is 5.74. The van der Waals surface area contributed by atoms with Crippen molar-refractivity contribution in [1.82, 2.24) is 0 Å². The van der Waals surface area contributed by atoms with Gasteiger partial charge in [0.1, 0.15) is 5.75 Å². The van der Waals surface area contributed by atoms with Crippen molar-refractivity contribution >= 4 is 11.4 Å². The molecule has 1 saturated heterocycles. The molecule has 1 aliphatic rings. The molecule has 0 spiro atoms. The standard InChI is InChI=1S/C15H24N2O/c1-4-12-9-8-11(2)17(10-12)13-6-5-7-14(18-3)15(13)16/h5-7,11-12H,4,8-10,16H2,1-3H3. The van der Waals surface area contributed by atoms with Crippen molar-refractivity contribution in [2.45, 2.75) is 39.2 Å². The van der Waals surface area contributed by atoms with E-state index in [1.807, 2.05) is 12.1 Å². The maximum absolute atomic E-state index is 6.21. The summed E-state index contributed by atoms with van der Waals surface area (Å²) in [6, 6.07) is 6.60. The highest BCUT2D eigenvalue weighted by Crippen LogP contribution is 2.36. The number of hydrogen-bond donors (Lipinski definition) is 1. The normalized spacial score (nSPS) is 24.1. The molecule has 100 valence electrons. The van der Waals surface area contributed by atoms with E-state index in [9.17, 15) is 0 Å². The molecule has 1 aromatic rings. The van der Waals surface area contributed by atoms with E-state index >= 15 is 0 Å². The average molecular weight is 248 g/mol. The molecule has 2 N–H and O–H groups in total. The molecule has 0 amide bonds. The van der Waals surface area contributed by atoms with Crippen molar-refractivity contribution in [3.8, 4) is 5.75 Å². The third kappa shape index (κ3) is 2.40. The van der Waals surface area contributed by atoms with Gasteiger partial charge in [-0.25, -0.2) is 0 Å². The summed E-state index contributed by atoms with van der Waals surface area (Å²) in [5, 5.41) is 0. The number of anilines is 2. The molecule has 1 heterocycles. The van der Waals surface area contributed by atoms with Gasteiger partial charge in [0.2, 0.25) is 0 Å². The van der Waals surface area contributed by atoms with Crippen LogP contribution in [0.1, 0.15) is 33.1 Å². The quantitative estimate of drug-likeness (QED) is 0.834. The maximum Gasteiger partial charge on any atom is 0.143 e. The van der Waals surface area contributed by atoms with Gasteiger partial charge in [0.25, 0.3) is 0 Å². The minimum atomic E-state index is 0.558. The van der Waals surface area contributed by atoms with E-state index in [1.165, 1.54) is 19.3 Å². The van der Waals surface area contributed by atoms with Gasteiger partial charge in [-0.1, -0.05) is 19.4 Å². The summed E-state index contributed by atoms with van der Waals surface area (Å²) in [5.41, 5.74) is 8.10. The van der Waals surface area contributed by atoms with Crippen LogP contribution in [0.15, 0.2) is 18.2 Å². The van der Waals surface area contributed by atoms with E-state index < -0.39 is 0 Å². The SMILES string of the molecule is CCC1CCC(C)N(c2cccc(OC)c2N)C1. The van der Waals surface area contributed by atoms with Gasteiger partial charge in [0.15, 0.2) is 0 Å². The van der Waals surface area contributed by atoms with Gasteiger partial charge < -0.3 is 15.4 Å². The molecular formula is C15H24N2O. The Morgan fingerprint density at radius 1 is 1.39 bits per heavy atom. The van der Waals surface area contributed by atoms with Gasteiger partial charge in [-0.2, -0.15) is 0 Å². The van der Waals surface area contributed by atoms with Gasteiger partial charge in [0, 0.05) is 12.6 Å². The first-order chi connectivity index (χ1) is 8.67. The second kappa shape index (κ2) is 5.51. The minimum absolute atomic E-state index is 0.558. The number of para-hydroxylation sites is 1. The molecule has 0 saturated carbocycles. The number of nitrogen functional groups attached to an aromatic ring is 1. The van der Waals surface area contributed by atoms with Crippen LogP contribution < -0.4 is 15.4 Å². The number of methoxy groups -OCH3 is 1. The molecule has 2 unspecified atom stereocenters. The molecule has 0 bridgehead atoms. The predicted molar refractivity (Wildman–Crippen MR) is 77.2 cm³/mol. The molecule has 0 radical (unpaired) electrons. The van der Waals surface area contributed by atoms with Crippen LogP contribution in [0.5, 0.6) is 5.75 Å². The van der Waals surface area contributed by atoms with E-state index in [-0.39, 0.29) is 0 Å². The Bertz CT molecular complexity index is 405. The van der Waals surface area contributed by atoms with Crippen LogP contribution >= 0.6 is 0 Å². The second-order valence-electron chi connectivity index (χ2n) is 5.25. The fourth-order valence-electron chi connectivity index (χ4n) is 2.81. The van der Waals surface area contributed by atoms with Crippen molar-refractivity contribution in [2.24, 2.45) is 5.92 Å². The van der Waals surface area contributed by atoms with Crippen LogP contribution in [0.25, 0.3) is 0 Å². The van der Waals surface area contributed by atoms with Gasteiger partial charge in [0.05, 0.1) is 18.5 Å². The number of nitrogens with zero attached hydrogens (tertiary/aromatic N) is 1. The van der Waals surface area contributed by atoms with E-state index in [0.29, 0.717) is 6.04 Å². The topological polar surface area (TPSA) is 38.5 Å². The molecule has 18 heavy (non-hydrogen) atoms. The minimum Gasteiger partial charge on any atom is -0.495 e. The molecule has 0 aliphatic carbocycles. The fourth-order valence-corrected chi connectivity index (χ4v) is 2.81. The van der Waals surface area contributed by atoms with Gasteiger partial charge >= 0.3 is 0 Å². The zero-order valence-corrected chi connectivity index (χ0v) is 11.6. The summed E-state index contributed by atoms with van der Waals surface area (Å²) >= 11 is 0. The molecule has 2 rings (SSSR count). The summed E-state index contributed by atoms with van der Waals surface area (Å²) in [4.78, 5) is 2.44. The summed E-state index contributed by atoms with van der Waals surface area (Å²) in [5.74, 6) is 1.56. The Hall–Kier alpha value is -1.38. The third-order valence-electron chi connectivity index (χ3n) is 4.13. The summed E-state index contributed by atoms with van der Waals surface area (Å²) in [6.07, 6.45) is 3.82. The highest BCUT2D eigenvalue weighted by atomic mass is 16.5. The van der Waals surface area contributed by atoms with E-state index in [1.54, 1.807) is 7.11 Å². The molecule has 1 aromatic carbocycles. The van der Waals surface area contributed by atoms with Crippen LogP contribution in [0.2, 0.25) is 0 Å². The van der Waals surface area contributed by atoms with Gasteiger partial charge in [-0.15, -0.1) is 0 Å². The second-order valence-corrected chi connectivity index (χ2v) is 5.25. The highest BCUT2D eigenvalue weighted by Gasteiger charge is 2.26. The fraction of sp³-hybridized carbons (Fsp3) is 0.600. The van der Waals surface area contributed by atoms with Crippen LogP contribution in [0.4, 0.5) is 11.4 Å². The van der Waals surface area contributed by atoms with E-state index in [4.69, 9.17) is 10.5 Å². The van der Waals surface area contributed by atoms with Crippen LogP contribution in [-0.4, -0.2) is 19.7 Å². The first-order valence-electron chi connectivity index (χ1n) is 6.86. The molecule has 2 atom stereocenters. The zero-order chi connectivity index (χ0) is 13.1. The summed E-state index contributed by atoms with van der Waals surface area (Å²) < 4.78 is 5.31. The first kappa shape index (κ1) is 13.1. The molecule has 3 nitrogen and oxygen atoms in total. The number of hydrogen-bond acceptors (Lipinski definition) is 3. The number of ether oxygens (including phenoxy) is 1. The average Bonchev–Trinajstić information content (AvgIpc) is 2.40. The molecule has 3 heteroatoms. The lowest BCUT2D eigenvalue weighted by atomic mass is 9.91. The van der Waals surface area contributed by atoms with Crippen molar-refractivity contribution in [3.05, 3.63) is 18.2 Å². The smallest absolute Gasteiger partial charge is 0.143 e. The maximum atomic E-state index is 6.21. The lowest BCUT2D eigenvalue weighted by molar-refractivity contribution is 0.359. The Balaban J connectivity index is 2.28. The van der Waals surface area contributed by atoms with Crippen LogP contribution in [-0.2, 0) is 0 Å². The van der Waals surface area contributed by atoms with E-state index in [0.717, 1.165) is 29.6 Å². The Labute approximate surface area is 110 Å². The van der Waals surface area contributed by atoms with Crippen LogP contribution in [0.3, 0.4) is 0 Å². The number of rotatable bonds is 3. The number of piperidine rings is 1. The zero-order valence-electron chi connectivity index (χ0n) is 11.6. The van der Waals surface area contributed by atoms with E-state index in [2.05, 4.69) is 24.8 Å². The van der Waals surface area contributed by atoms with Crippen LogP contribution in [0, 0.1) is 5.92 Å². The number of nitrogens with two attached hydrogens (primary N) is 1. The lowest BCUT2D eigenvalue weighted by Crippen LogP contribution is -2.42. The molecule has 0 aromatic heterocycles. The predicted octanol–water partition coefficient (Wildman–Crippen LogP) is 3.29. The number of benzene rings is 1. The van der Waals surface area contributed by atoms with Crippen molar-refractivity contribution < 1.29 is 4.74 Å². The molecule has 1 aliphatic heterocycles. The lowest BCUT2D eigenvalue weighted by Gasteiger charge is -2.40. The Morgan fingerprint density at radius 3 is 2.83 bits per heavy atom. The Kier molecular flexibility index (Phi) is 4.00. The van der Waals surface area contributed by atoms with Gasteiger partial charge in [-0.3, -0.25) is 0 Å². The summed E-state index contributed by atoms with van der Waals surface area (Å²) in [7, 11) is 1.67. The monoisotopic (exact) mass is 248 g/mol. The summed E-state index contributed by atoms with van der Waals surface area (Å²) in [6.45, 7) is 5.66. The molecule has 1 fully saturated rings. The largest absolute Gasteiger partial charge is 0.495 e. The van der Waals surface area contributed by atoms with Gasteiger partial charge in [-0.05, 0) is 37.8 Å². The molecular weight excluding hydrogens is 224 g/mol. The first-order valence-corrected chi connectivity index (χ1v) is 6.86. The van der Waals surface area contributed by atoms with Crippen molar-refractivity contribution in [3.63, 3.8) is 0 Å². The third-order valence-corrected chi connectivity index (χ3v) is 4.13. The Morgan fingerprint density at radius 2 is 2.17 bits per heavy atom. The van der Waals surface area contributed by atoms with Crippen molar-refractivity contribution in [1.29, 1.82) is 0 Å².